The molecule has 2 aliphatic rings. The number of methoxy groups -OCH3 is 3. The van der Waals surface area contributed by atoms with Gasteiger partial charge in [0.25, 0.3) is 0 Å². The van der Waals surface area contributed by atoms with Gasteiger partial charge in [0.1, 0.15) is 23.3 Å². The Balaban J connectivity index is 1.83. The number of nitrogens with zero attached hydrogens (tertiary/aromatic N) is 1. The number of halogens is 4. The summed E-state index contributed by atoms with van der Waals surface area (Å²) in [5.41, 5.74) is 6.22. The van der Waals surface area contributed by atoms with E-state index < -0.39 is 53.0 Å². The number of anilines is 1. The average molecular weight is 625 g/mol. The molecule has 0 bridgehead atoms. The van der Waals surface area contributed by atoms with E-state index in [9.17, 15) is 31.9 Å². The highest BCUT2D eigenvalue weighted by Gasteiger charge is 2.51. The molecule has 0 amide bonds. The van der Waals surface area contributed by atoms with Gasteiger partial charge in [-0.2, -0.15) is 13.2 Å². The van der Waals surface area contributed by atoms with Gasteiger partial charge in [0, 0.05) is 22.9 Å². The number of benzene rings is 3. The largest absolute Gasteiger partial charge is 0.497 e. The molecule has 3 atom stereocenters. The van der Waals surface area contributed by atoms with E-state index in [1.807, 2.05) is 0 Å². The summed E-state index contributed by atoms with van der Waals surface area (Å²) < 4.78 is 70.8. The van der Waals surface area contributed by atoms with E-state index in [1.54, 1.807) is 24.3 Å². The highest BCUT2D eigenvalue weighted by molar-refractivity contribution is 6.14. The van der Waals surface area contributed by atoms with Crippen LogP contribution in [0, 0.1) is 11.7 Å². The number of rotatable bonds is 6. The first-order chi connectivity index (χ1) is 21.4. The van der Waals surface area contributed by atoms with Crippen LogP contribution < -0.4 is 15.4 Å². The number of alkyl halides is 3. The number of nitrogens with two attached hydrogens (primary N) is 1. The van der Waals surface area contributed by atoms with Gasteiger partial charge in [-0.1, -0.05) is 30.3 Å². The second-order valence-electron chi connectivity index (χ2n) is 10.5. The Hall–Kier alpha value is -5.13. The molecule has 2 N–H and O–H groups in total. The standard InChI is InChI=1S/C33H28F4N2O6/c1-43-22-13-9-17(10-14-22)23-16-24-27(29(40)26(23)31(41)44-2)25(18-7-11-20(34)12-8-18)28(32(42)45-3)30(38)39(24)21-6-4-5-19(15-21)33(35,36)37/h4-15,23,25-26H,16,38H2,1-3H3. The number of carbonyl (C=O) groups is 3. The van der Waals surface area contributed by atoms with Gasteiger partial charge < -0.3 is 19.9 Å². The van der Waals surface area contributed by atoms with Gasteiger partial charge in [0.05, 0.1) is 38.4 Å². The second kappa shape index (κ2) is 12.1. The van der Waals surface area contributed by atoms with Crippen molar-refractivity contribution < 1.29 is 46.2 Å². The Labute approximate surface area is 255 Å². The smallest absolute Gasteiger partial charge is 0.416 e. The van der Waals surface area contributed by atoms with E-state index in [1.165, 1.54) is 36.3 Å². The number of hydrogen-bond acceptors (Lipinski definition) is 8. The summed E-state index contributed by atoms with van der Waals surface area (Å²) in [6.07, 6.45) is -4.79. The molecule has 0 aromatic heterocycles. The number of carbonyl (C=O) groups excluding carboxylic acids is 3. The molecular weight excluding hydrogens is 596 g/mol. The quantitative estimate of drug-likeness (QED) is 0.215. The van der Waals surface area contributed by atoms with Crippen LogP contribution in [0.3, 0.4) is 0 Å². The van der Waals surface area contributed by atoms with Crippen molar-refractivity contribution in [2.24, 2.45) is 11.7 Å². The van der Waals surface area contributed by atoms with Crippen LogP contribution in [-0.2, 0) is 30.0 Å². The predicted octanol–water partition coefficient (Wildman–Crippen LogP) is 5.60. The van der Waals surface area contributed by atoms with Gasteiger partial charge in [0.15, 0.2) is 5.78 Å². The number of Topliss-reactive ketones (excluding diaryl/α,β-unsaturated/α-hetero) is 1. The first kappa shape index (κ1) is 31.3. The highest BCUT2D eigenvalue weighted by Crippen LogP contribution is 2.52. The Kier molecular flexibility index (Phi) is 8.42. The molecular formula is C33H28F4N2O6. The Morgan fingerprint density at radius 3 is 2.13 bits per heavy atom. The maximum atomic E-state index is 14.6. The van der Waals surface area contributed by atoms with Gasteiger partial charge in [0.2, 0.25) is 0 Å². The molecule has 0 saturated carbocycles. The molecule has 12 heteroatoms. The first-order valence-electron chi connectivity index (χ1n) is 13.7. The number of allylic oxidation sites excluding steroid dienone is 2. The van der Waals surface area contributed by atoms with E-state index in [0.717, 1.165) is 38.5 Å². The first-order valence-corrected chi connectivity index (χ1v) is 13.7. The van der Waals surface area contributed by atoms with Gasteiger partial charge in [-0.3, -0.25) is 14.5 Å². The predicted molar refractivity (Wildman–Crippen MR) is 154 cm³/mol. The summed E-state index contributed by atoms with van der Waals surface area (Å²) >= 11 is 0. The fourth-order valence-electron chi connectivity index (χ4n) is 6.00. The average Bonchev–Trinajstić information content (AvgIpc) is 3.03. The van der Waals surface area contributed by atoms with Crippen molar-refractivity contribution in [3.05, 3.63) is 118 Å². The minimum atomic E-state index is -4.71. The molecule has 3 aromatic carbocycles. The normalized spacial score (nSPS) is 20.1. The van der Waals surface area contributed by atoms with Crippen molar-refractivity contribution >= 4 is 23.4 Å². The molecule has 1 aliphatic heterocycles. The van der Waals surface area contributed by atoms with E-state index in [-0.39, 0.29) is 40.3 Å². The molecule has 234 valence electrons. The lowest BCUT2D eigenvalue weighted by atomic mass is 9.67. The van der Waals surface area contributed by atoms with Crippen LogP contribution in [0.4, 0.5) is 23.2 Å². The molecule has 3 unspecified atom stereocenters. The Morgan fingerprint density at radius 1 is 0.911 bits per heavy atom. The molecule has 0 saturated heterocycles. The third-order valence-corrected chi connectivity index (χ3v) is 8.08. The SMILES string of the molecule is COC(=O)C1=C(N)N(c2cccc(C(F)(F)F)c2)C2=C(C(=O)C(C(=O)OC)C(c3ccc(OC)cc3)C2)C1c1ccc(F)cc1. The summed E-state index contributed by atoms with van der Waals surface area (Å²) in [6, 6.07) is 15.9. The zero-order valence-corrected chi connectivity index (χ0v) is 24.4. The summed E-state index contributed by atoms with van der Waals surface area (Å²) in [5, 5.41) is 0. The molecule has 1 heterocycles. The number of hydrogen-bond donors (Lipinski definition) is 1. The van der Waals surface area contributed by atoms with Crippen LogP contribution >= 0.6 is 0 Å². The lowest BCUT2D eigenvalue weighted by molar-refractivity contribution is -0.150. The lowest BCUT2D eigenvalue weighted by Gasteiger charge is -2.44. The maximum Gasteiger partial charge on any atom is 0.416 e. The molecule has 3 aromatic rings. The third kappa shape index (κ3) is 5.63. The van der Waals surface area contributed by atoms with Crippen LogP contribution in [0.15, 0.2) is 95.5 Å². The minimum Gasteiger partial charge on any atom is -0.497 e. The van der Waals surface area contributed by atoms with Crippen LogP contribution in [0.5, 0.6) is 5.75 Å². The monoisotopic (exact) mass is 624 g/mol. The summed E-state index contributed by atoms with van der Waals surface area (Å²) in [4.78, 5) is 42.5. The second-order valence-corrected chi connectivity index (χ2v) is 10.5. The third-order valence-electron chi connectivity index (χ3n) is 8.08. The van der Waals surface area contributed by atoms with Crippen molar-refractivity contribution in [3.8, 4) is 5.75 Å². The highest BCUT2D eigenvalue weighted by atomic mass is 19.4. The van der Waals surface area contributed by atoms with Crippen molar-refractivity contribution in [2.75, 3.05) is 26.2 Å². The zero-order chi connectivity index (χ0) is 32.6. The molecule has 0 spiro atoms. The Morgan fingerprint density at radius 2 is 1.56 bits per heavy atom. The van der Waals surface area contributed by atoms with E-state index in [4.69, 9.17) is 19.9 Å². The molecule has 5 rings (SSSR count). The number of ether oxygens (including phenoxy) is 3. The number of ketones is 1. The fraction of sp³-hybridized carbons (Fsp3) is 0.242. The topological polar surface area (TPSA) is 108 Å². The van der Waals surface area contributed by atoms with Gasteiger partial charge >= 0.3 is 18.1 Å². The van der Waals surface area contributed by atoms with Crippen molar-refractivity contribution in [1.29, 1.82) is 0 Å². The van der Waals surface area contributed by atoms with E-state index in [0.29, 0.717) is 11.3 Å². The Bertz CT molecular complexity index is 1710. The lowest BCUT2D eigenvalue weighted by Crippen LogP contribution is -2.46. The van der Waals surface area contributed by atoms with Crippen LogP contribution in [-0.4, -0.2) is 39.1 Å². The van der Waals surface area contributed by atoms with Gasteiger partial charge in [-0.05, 0) is 60.0 Å². The fourth-order valence-corrected chi connectivity index (χ4v) is 6.00. The maximum absolute atomic E-state index is 14.6. The van der Waals surface area contributed by atoms with E-state index >= 15 is 0 Å². The van der Waals surface area contributed by atoms with Crippen LogP contribution in [0.2, 0.25) is 0 Å². The summed E-state index contributed by atoms with van der Waals surface area (Å²) in [6.45, 7) is 0. The van der Waals surface area contributed by atoms with Gasteiger partial charge in [-0.25, -0.2) is 9.18 Å². The number of esters is 2. The summed E-state index contributed by atoms with van der Waals surface area (Å²) in [5.74, 6) is -6.39. The van der Waals surface area contributed by atoms with Crippen molar-refractivity contribution in [3.63, 3.8) is 0 Å². The van der Waals surface area contributed by atoms with Crippen LogP contribution in [0.1, 0.15) is 34.9 Å². The minimum absolute atomic E-state index is 0.0732. The van der Waals surface area contributed by atoms with Crippen LogP contribution in [0.25, 0.3) is 0 Å². The molecule has 0 radical (unpaired) electrons. The molecule has 1 aliphatic carbocycles. The molecule has 45 heavy (non-hydrogen) atoms. The molecule has 8 nitrogen and oxygen atoms in total. The zero-order valence-electron chi connectivity index (χ0n) is 24.4. The van der Waals surface area contributed by atoms with Crippen molar-refractivity contribution in [2.45, 2.75) is 24.4 Å². The molecule has 0 fully saturated rings. The van der Waals surface area contributed by atoms with E-state index in [2.05, 4.69) is 0 Å². The van der Waals surface area contributed by atoms with Gasteiger partial charge in [-0.15, -0.1) is 0 Å². The van der Waals surface area contributed by atoms with Crippen molar-refractivity contribution in [1.82, 2.24) is 0 Å². The summed E-state index contributed by atoms with van der Waals surface area (Å²) in [7, 11) is 3.70.